The van der Waals surface area contributed by atoms with Crippen molar-refractivity contribution in [2.24, 2.45) is 5.92 Å². The molecule has 2 heterocycles. The summed E-state index contributed by atoms with van der Waals surface area (Å²) in [6.45, 7) is 7.11. The molecular weight excluding hydrogens is 222 g/mol. The first kappa shape index (κ1) is 13.2. The van der Waals surface area contributed by atoms with Gasteiger partial charge in [0.15, 0.2) is 5.79 Å². The lowest BCUT2D eigenvalue weighted by Crippen LogP contribution is -2.60. The van der Waals surface area contributed by atoms with E-state index < -0.39 is 24.1 Å². The van der Waals surface area contributed by atoms with E-state index >= 15 is 0 Å². The Labute approximate surface area is 102 Å². The maximum Gasteiger partial charge on any atom is 0.164 e. The number of piperidine rings is 1. The number of aliphatic hydroxyl groups is 3. The summed E-state index contributed by atoms with van der Waals surface area (Å²) in [5, 5.41) is 29.7. The lowest BCUT2D eigenvalue weighted by atomic mass is 9.92. The van der Waals surface area contributed by atoms with Crippen molar-refractivity contribution in [1.82, 2.24) is 4.90 Å². The van der Waals surface area contributed by atoms with E-state index in [0.717, 1.165) is 6.54 Å². The second-order valence-corrected chi connectivity index (χ2v) is 5.93. The Hall–Kier alpha value is -0.200. The summed E-state index contributed by atoms with van der Waals surface area (Å²) >= 11 is 0. The van der Waals surface area contributed by atoms with Crippen LogP contribution in [0.15, 0.2) is 0 Å². The lowest BCUT2D eigenvalue weighted by Gasteiger charge is -2.42. The quantitative estimate of drug-likeness (QED) is 0.614. The van der Waals surface area contributed by atoms with Crippen LogP contribution in [0, 0.1) is 5.92 Å². The Morgan fingerprint density at radius 3 is 2.65 bits per heavy atom. The van der Waals surface area contributed by atoms with Crippen molar-refractivity contribution >= 4 is 0 Å². The van der Waals surface area contributed by atoms with E-state index in [1.54, 1.807) is 6.92 Å². The average Bonchev–Trinajstić information content (AvgIpc) is 2.50. The van der Waals surface area contributed by atoms with Crippen LogP contribution in [0.2, 0.25) is 0 Å². The molecule has 2 rings (SSSR count). The molecule has 5 heteroatoms. The summed E-state index contributed by atoms with van der Waals surface area (Å²) in [5.74, 6) is -0.723. The minimum absolute atomic E-state index is 0.00852. The number of nitrogens with zero attached hydrogens (tertiary/aromatic N) is 1. The van der Waals surface area contributed by atoms with Crippen LogP contribution in [0.5, 0.6) is 0 Å². The van der Waals surface area contributed by atoms with E-state index in [0.29, 0.717) is 18.9 Å². The van der Waals surface area contributed by atoms with Crippen molar-refractivity contribution < 1.29 is 20.1 Å². The first-order valence-electron chi connectivity index (χ1n) is 6.30. The fraction of sp³-hybridized carbons (Fsp3) is 1.00. The summed E-state index contributed by atoms with van der Waals surface area (Å²) < 4.78 is 5.45. The molecule has 2 saturated heterocycles. The zero-order valence-electron chi connectivity index (χ0n) is 10.7. The van der Waals surface area contributed by atoms with E-state index in [1.165, 1.54) is 0 Å². The van der Waals surface area contributed by atoms with Gasteiger partial charge in [-0.15, -0.1) is 0 Å². The van der Waals surface area contributed by atoms with Crippen molar-refractivity contribution in [2.45, 2.75) is 57.3 Å². The van der Waals surface area contributed by atoms with Gasteiger partial charge in [0.25, 0.3) is 0 Å². The van der Waals surface area contributed by atoms with Crippen molar-refractivity contribution in [1.29, 1.82) is 0 Å². The van der Waals surface area contributed by atoms with E-state index in [-0.39, 0.29) is 6.04 Å². The molecule has 0 spiro atoms. The third-order valence-corrected chi connectivity index (χ3v) is 3.58. The largest absolute Gasteiger partial charge is 0.389 e. The molecular formula is C12H23NO4. The second kappa shape index (κ2) is 4.48. The molecule has 3 N–H and O–H groups in total. The van der Waals surface area contributed by atoms with Crippen LogP contribution in [0.1, 0.15) is 27.2 Å². The lowest BCUT2D eigenvalue weighted by molar-refractivity contribution is -0.213. The maximum absolute atomic E-state index is 9.94. The van der Waals surface area contributed by atoms with Gasteiger partial charge in [-0.25, -0.2) is 0 Å². The van der Waals surface area contributed by atoms with E-state index in [1.807, 2.05) is 0 Å². The van der Waals surface area contributed by atoms with Gasteiger partial charge in [0.1, 0.15) is 12.2 Å². The number of ether oxygens (including phenoxy) is 1. The van der Waals surface area contributed by atoms with Gasteiger partial charge < -0.3 is 20.1 Å². The minimum atomic E-state index is -1.20. The smallest absolute Gasteiger partial charge is 0.164 e. The Kier molecular flexibility index (Phi) is 3.49. The molecule has 0 aromatic heterocycles. The highest BCUT2D eigenvalue weighted by Crippen LogP contribution is 2.37. The molecule has 5 nitrogen and oxygen atoms in total. The molecule has 1 unspecified atom stereocenters. The first-order chi connectivity index (χ1) is 7.80. The molecule has 0 bridgehead atoms. The molecule has 5 atom stereocenters. The predicted molar refractivity (Wildman–Crippen MR) is 62.3 cm³/mol. The summed E-state index contributed by atoms with van der Waals surface area (Å²) in [7, 11) is 0. The molecule has 0 aromatic carbocycles. The zero-order valence-corrected chi connectivity index (χ0v) is 10.7. The minimum Gasteiger partial charge on any atom is -0.389 e. The summed E-state index contributed by atoms with van der Waals surface area (Å²) in [4.78, 5) is 2.12. The van der Waals surface area contributed by atoms with Gasteiger partial charge in [0, 0.05) is 25.6 Å². The molecule has 2 aliphatic rings. The monoisotopic (exact) mass is 245 g/mol. The maximum atomic E-state index is 9.94. The van der Waals surface area contributed by atoms with Crippen molar-refractivity contribution in [3.8, 4) is 0 Å². The number of fused-ring (bicyclic) bond motifs is 1. The number of hydrogen-bond acceptors (Lipinski definition) is 5. The fourth-order valence-corrected chi connectivity index (χ4v) is 2.94. The van der Waals surface area contributed by atoms with Crippen molar-refractivity contribution in [3.05, 3.63) is 0 Å². The van der Waals surface area contributed by atoms with Crippen LogP contribution in [0.3, 0.4) is 0 Å². The summed E-state index contributed by atoms with van der Waals surface area (Å²) in [6, 6.07) is -0.00852. The summed E-state index contributed by atoms with van der Waals surface area (Å²) in [6.07, 6.45) is -1.72. The second-order valence-electron chi connectivity index (χ2n) is 5.93. The average molecular weight is 245 g/mol. The number of aliphatic hydroxyl groups excluding tert-OH is 2. The topological polar surface area (TPSA) is 73.2 Å². The zero-order chi connectivity index (χ0) is 12.8. The molecule has 0 aromatic rings. The molecule has 2 fully saturated rings. The molecule has 100 valence electrons. The van der Waals surface area contributed by atoms with Crippen LogP contribution < -0.4 is 0 Å². The Bertz CT molecular complexity index is 282. The van der Waals surface area contributed by atoms with Crippen LogP contribution in [0.4, 0.5) is 0 Å². The molecule has 0 aliphatic carbocycles. The normalized spacial score (nSPS) is 47.5. The number of hydrogen-bond donors (Lipinski definition) is 3. The SMILES string of the molecule is CC(C)CN1C[C@@H](O)[C@@H](O)[C@H]2OC(C)(O)C[C@H]21. The molecule has 0 saturated carbocycles. The standard InChI is InChI=1S/C12H23NO4/c1-7(2)5-13-6-9(14)10(15)11-8(13)4-12(3,16)17-11/h7-11,14-16H,4-6H2,1-3H3/t8-,9-,10-,11+,12?/m1/s1. The Balaban J connectivity index is 2.14. The Morgan fingerprint density at radius 2 is 2.06 bits per heavy atom. The molecule has 17 heavy (non-hydrogen) atoms. The van der Waals surface area contributed by atoms with Crippen molar-refractivity contribution in [2.75, 3.05) is 13.1 Å². The van der Waals surface area contributed by atoms with Crippen LogP contribution >= 0.6 is 0 Å². The predicted octanol–water partition coefficient (Wildman–Crippen LogP) is -0.454. The highest BCUT2D eigenvalue weighted by atomic mass is 16.6. The third-order valence-electron chi connectivity index (χ3n) is 3.58. The van der Waals surface area contributed by atoms with Crippen molar-refractivity contribution in [3.63, 3.8) is 0 Å². The molecule has 0 radical (unpaired) electrons. The van der Waals surface area contributed by atoms with Crippen LogP contribution in [0.25, 0.3) is 0 Å². The van der Waals surface area contributed by atoms with Gasteiger partial charge in [0.2, 0.25) is 0 Å². The third kappa shape index (κ3) is 2.63. The molecule has 0 amide bonds. The van der Waals surface area contributed by atoms with Gasteiger partial charge in [-0.1, -0.05) is 13.8 Å². The van der Waals surface area contributed by atoms with E-state index in [9.17, 15) is 15.3 Å². The van der Waals surface area contributed by atoms with Gasteiger partial charge >= 0.3 is 0 Å². The number of likely N-dealkylation sites (tertiary alicyclic amines) is 1. The van der Waals surface area contributed by atoms with E-state index in [2.05, 4.69) is 18.7 Å². The molecule has 2 aliphatic heterocycles. The van der Waals surface area contributed by atoms with Crippen LogP contribution in [-0.4, -0.2) is 63.4 Å². The van der Waals surface area contributed by atoms with Gasteiger partial charge in [0.05, 0.1) is 6.10 Å². The highest BCUT2D eigenvalue weighted by Gasteiger charge is 2.52. The van der Waals surface area contributed by atoms with E-state index in [4.69, 9.17) is 4.74 Å². The van der Waals surface area contributed by atoms with Crippen LogP contribution in [-0.2, 0) is 4.74 Å². The van der Waals surface area contributed by atoms with Gasteiger partial charge in [-0.3, -0.25) is 4.90 Å². The van der Waals surface area contributed by atoms with Gasteiger partial charge in [-0.2, -0.15) is 0 Å². The van der Waals surface area contributed by atoms with Gasteiger partial charge in [-0.05, 0) is 12.8 Å². The first-order valence-corrected chi connectivity index (χ1v) is 6.30. The Morgan fingerprint density at radius 1 is 1.41 bits per heavy atom. The number of β-amino-alcohol motifs (C(OH)–C–C–N with tert-alkyl or cyclic N) is 1. The summed E-state index contributed by atoms with van der Waals surface area (Å²) in [5.41, 5.74) is 0. The fourth-order valence-electron chi connectivity index (χ4n) is 2.94. The number of rotatable bonds is 2. The highest BCUT2D eigenvalue weighted by molar-refractivity contribution is 5.01.